The van der Waals surface area contributed by atoms with Crippen molar-refractivity contribution in [1.29, 1.82) is 0 Å². The highest BCUT2D eigenvalue weighted by Gasteiger charge is 2.31. The van der Waals surface area contributed by atoms with E-state index < -0.39 is 0 Å². The lowest BCUT2D eigenvalue weighted by molar-refractivity contribution is 0.443. The van der Waals surface area contributed by atoms with Crippen molar-refractivity contribution in [2.75, 3.05) is 9.80 Å². The van der Waals surface area contributed by atoms with Crippen molar-refractivity contribution in [2.45, 2.75) is 128 Å². The number of nitrogens with zero attached hydrogens (tertiary/aromatic N) is 4. The third kappa shape index (κ3) is 8.75. The number of rotatable bonds is 10. The Morgan fingerprint density at radius 3 is 1.07 bits per heavy atom. The Kier molecular flexibility index (Phi) is 12.9. The fraction of sp³-hybridized carbons (Fsp3) is 0.233. The molecule has 2 aliphatic rings. The van der Waals surface area contributed by atoms with Crippen molar-refractivity contribution in [3.63, 3.8) is 0 Å². The molecule has 0 saturated heterocycles. The summed E-state index contributed by atoms with van der Waals surface area (Å²) in [6.07, 6.45) is 13.1. The summed E-state index contributed by atoms with van der Waals surface area (Å²) >= 11 is 0. The van der Waals surface area contributed by atoms with Crippen LogP contribution in [0.4, 0.5) is 34.1 Å². The fourth-order valence-corrected chi connectivity index (χ4v) is 16.4. The maximum Gasteiger partial charge on any atom is 0.0641 e. The number of anilines is 6. The fourth-order valence-electron chi connectivity index (χ4n) is 16.4. The molecule has 4 heteroatoms. The Labute approximate surface area is 529 Å². The molecule has 17 rings (SSSR count). The molecule has 4 aromatic heterocycles. The highest BCUT2D eigenvalue weighted by molar-refractivity contribution is 6.32. The van der Waals surface area contributed by atoms with Crippen LogP contribution in [0.25, 0.3) is 98.4 Å². The van der Waals surface area contributed by atoms with E-state index in [0.717, 1.165) is 0 Å². The van der Waals surface area contributed by atoms with Crippen LogP contribution in [-0.2, 0) is 10.8 Å². The minimum absolute atomic E-state index is 0.0571. The van der Waals surface area contributed by atoms with Crippen molar-refractivity contribution in [3.05, 3.63) is 253 Å². The highest BCUT2D eigenvalue weighted by atomic mass is 15.2. The molecule has 0 N–H and O–H groups in total. The van der Waals surface area contributed by atoms with Gasteiger partial charge in [-0.3, -0.25) is 0 Å². The van der Waals surface area contributed by atoms with Crippen LogP contribution in [0.1, 0.15) is 140 Å². The topological polar surface area (TPSA) is 15.3 Å². The summed E-state index contributed by atoms with van der Waals surface area (Å²) in [5.74, 6) is 1.24. The molecule has 2 saturated carbocycles. The first-order chi connectivity index (χ1) is 43.9. The SMILES string of the molecule is CC(C)(C)c1ccc(-c2ccccc2N(c2ccc(C3CCCCC3)cc2)c2ccc3c4cc5c(cc4n4c6ccccc6c2c34)c2ccc(N(c3ccc(C4CCCCC4)cc3)c3ccccc3-c3ccc(C(C)(C)C)cc3)c3c4ccccc4n5c23)cc1. The van der Waals surface area contributed by atoms with Gasteiger partial charge >= 0.3 is 0 Å². The zero-order valence-electron chi connectivity index (χ0n) is 53.0. The summed E-state index contributed by atoms with van der Waals surface area (Å²) < 4.78 is 5.20. The van der Waals surface area contributed by atoms with Crippen LogP contribution in [-0.4, -0.2) is 8.80 Å². The second-order valence-corrected chi connectivity index (χ2v) is 28.5. The Morgan fingerprint density at radius 1 is 0.311 bits per heavy atom. The van der Waals surface area contributed by atoms with Crippen LogP contribution >= 0.6 is 0 Å². The van der Waals surface area contributed by atoms with E-state index in [0.29, 0.717) is 11.8 Å². The van der Waals surface area contributed by atoms with E-state index in [9.17, 15) is 0 Å². The summed E-state index contributed by atoms with van der Waals surface area (Å²) in [5, 5.41) is 10.1. The zero-order valence-corrected chi connectivity index (χ0v) is 53.0. The number of para-hydroxylation sites is 4. The number of hydrogen-bond donors (Lipinski definition) is 0. The first-order valence-corrected chi connectivity index (χ1v) is 33.5. The van der Waals surface area contributed by atoms with Gasteiger partial charge in [-0.2, -0.15) is 0 Å². The molecule has 0 spiro atoms. The smallest absolute Gasteiger partial charge is 0.0641 e. The molecule has 0 unspecified atom stereocenters. The normalized spacial score (nSPS) is 14.9. The van der Waals surface area contributed by atoms with E-state index in [-0.39, 0.29) is 10.8 Å². The molecule has 442 valence electrons. The number of aromatic nitrogens is 2. The molecule has 2 aliphatic carbocycles. The molecule has 2 fully saturated rings. The number of hydrogen-bond acceptors (Lipinski definition) is 2. The molecule has 0 atom stereocenters. The lowest BCUT2D eigenvalue weighted by Crippen LogP contribution is -2.12. The van der Waals surface area contributed by atoms with E-state index in [1.807, 2.05) is 0 Å². The Morgan fingerprint density at radius 2 is 0.678 bits per heavy atom. The molecule has 0 radical (unpaired) electrons. The van der Waals surface area contributed by atoms with Gasteiger partial charge in [0.2, 0.25) is 0 Å². The van der Waals surface area contributed by atoms with Gasteiger partial charge in [-0.1, -0.05) is 238 Å². The molecule has 4 nitrogen and oxygen atoms in total. The maximum atomic E-state index is 2.60. The van der Waals surface area contributed by atoms with E-state index in [2.05, 4.69) is 291 Å². The van der Waals surface area contributed by atoms with Crippen LogP contribution in [0.2, 0.25) is 0 Å². The Hall–Kier alpha value is -9.38. The molecule has 15 aromatic rings. The number of fused-ring (bicyclic) bond motifs is 12. The van der Waals surface area contributed by atoms with Crippen molar-refractivity contribution < 1.29 is 0 Å². The molecule has 0 aliphatic heterocycles. The van der Waals surface area contributed by atoms with Gasteiger partial charge in [0, 0.05) is 65.6 Å². The average molecular weight is 1170 g/mol. The minimum Gasteiger partial charge on any atom is -0.309 e. The minimum atomic E-state index is 0.0571. The van der Waals surface area contributed by atoms with Crippen molar-refractivity contribution in [2.24, 2.45) is 0 Å². The van der Waals surface area contributed by atoms with Gasteiger partial charge < -0.3 is 18.6 Å². The Bertz CT molecular complexity index is 4860. The Balaban J connectivity index is 0.881. The van der Waals surface area contributed by atoms with Gasteiger partial charge in [0.05, 0.1) is 55.8 Å². The quantitative estimate of drug-likeness (QED) is 0.136. The lowest BCUT2D eigenvalue weighted by atomic mass is 9.84. The number of benzene rings is 11. The van der Waals surface area contributed by atoms with Gasteiger partial charge in [0.1, 0.15) is 0 Å². The van der Waals surface area contributed by atoms with E-state index >= 15 is 0 Å². The predicted molar refractivity (Wildman–Crippen MR) is 385 cm³/mol. The standard InChI is InChI=1S/C86H78N4/c1-85(2,3)61-41-33-59(34-42-61)65-25-13-17-29-73(65)87(63-45-37-57(38-46-63)55-21-9-7-10-22-55)77-51-49-67-71-53-80-72(54-79(71)89-75-31-19-15-27-69(75)81(77)83(67)89)68-50-52-78(82-70-28-16-20-32-76(70)90(80)84(68)82)88(64-47-39-58(40-48-64)56-23-11-8-12-24-56)74-30-18-14-26-66(74)60-35-43-62(44-36-60)86(4,5)6/h13-20,25-56H,7-12,21-24H2,1-6H3. The van der Waals surface area contributed by atoms with Gasteiger partial charge in [-0.05, 0) is 155 Å². The second kappa shape index (κ2) is 21.1. The van der Waals surface area contributed by atoms with Gasteiger partial charge in [0.25, 0.3) is 0 Å². The third-order valence-corrected chi connectivity index (χ3v) is 21.1. The summed E-state index contributed by atoms with van der Waals surface area (Å²) in [6, 6.07) is 89.2. The summed E-state index contributed by atoms with van der Waals surface area (Å²) in [5.41, 5.74) is 25.0. The summed E-state index contributed by atoms with van der Waals surface area (Å²) in [7, 11) is 0. The summed E-state index contributed by atoms with van der Waals surface area (Å²) in [6.45, 7) is 13.8. The zero-order chi connectivity index (χ0) is 60.6. The largest absolute Gasteiger partial charge is 0.309 e. The monoisotopic (exact) mass is 1170 g/mol. The first kappa shape index (κ1) is 54.7. The molecular weight excluding hydrogens is 1090 g/mol. The van der Waals surface area contributed by atoms with Crippen LogP contribution in [0, 0.1) is 0 Å². The first-order valence-electron chi connectivity index (χ1n) is 33.5. The van der Waals surface area contributed by atoms with Crippen molar-refractivity contribution in [3.8, 4) is 22.3 Å². The summed E-state index contributed by atoms with van der Waals surface area (Å²) in [4.78, 5) is 5.14. The van der Waals surface area contributed by atoms with E-state index in [1.54, 1.807) is 0 Å². The third-order valence-electron chi connectivity index (χ3n) is 21.1. The lowest BCUT2D eigenvalue weighted by Gasteiger charge is -2.30. The highest BCUT2D eigenvalue weighted by Crippen LogP contribution is 2.54. The van der Waals surface area contributed by atoms with Crippen LogP contribution < -0.4 is 9.80 Å². The molecule has 0 bridgehead atoms. The predicted octanol–water partition coefficient (Wildman–Crippen LogP) is 25.0. The van der Waals surface area contributed by atoms with Crippen LogP contribution in [0.15, 0.2) is 231 Å². The van der Waals surface area contributed by atoms with Gasteiger partial charge in [-0.15, -0.1) is 0 Å². The van der Waals surface area contributed by atoms with Crippen LogP contribution in [0.3, 0.4) is 0 Å². The van der Waals surface area contributed by atoms with Gasteiger partial charge in [0.15, 0.2) is 0 Å². The molecular formula is C86H78N4. The maximum absolute atomic E-state index is 2.60. The van der Waals surface area contributed by atoms with Crippen molar-refractivity contribution >= 4 is 110 Å². The van der Waals surface area contributed by atoms with E-state index in [1.165, 1.54) is 219 Å². The van der Waals surface area contributed by atoms with Crippen LogP contribution in [0.5, 0.6) is 0 Å². The molecule has 0 amide bonds. The molecule has 11 aromatic carbocycles. The van der Waals surface area contributed by atoms with Crippen molar-refractivity contribution in [1.82, 2.24) is 8.80 Å². The van der Waals surface area contributed by atoms with E-state index in [4.69, 9.17) is 0 Å². The molecule has 90 heavy (non-hydrogen) atoms. The second-order valence-electron chi connectivity index (χ2n) is 28.5. The van der Waals surface area contributed by atoms with Gasteiger partial charge in [-0.25, -0.2) is 0 Å². The molecule has 4 heterocycles. The average Bonchev–Trinajstić information content (AvgIpc) is 1.52.